The van der Waals surface area contributed by atoms with Crippen LogP contribution >= 0.6 is 0 Å². The van der Waals surface area contributed by atoms with E-state index in [9.17, 15) is 4.79 Å². The van der Waals surface area contributed by atoms with E-state index in [-0.39, 0.29) is 0 Å². The minimum absolute atomic E-state index is 0.385. The molecule has 2 aromatic heterocycles. The normalized spacial score (nSPS) is 17.2. The summed E-state index contributed by atoms with van der Waals surface area (Å²) in [6.45, 7) is 2.02. The summed E-state index contributed by atoms with van der Waals surface area (Å²) in [6, 6.07) is 13.2. The molecule has 1 aromatic carbocycles. The number of carbonyl (C=O) groups is 1. The van der Waals surface area contributed by atoms with Crippen molar-refractivity contribution < 1.29 is 4.79 Å². The maximum absolute atomic E-state index is 11.2. The lowest BCUT2D eigenvalue weighted by atomic mass is 10.1. The number of hydrogen-bond acceptors (Lipinski definition) is 6. The molecule has 0 saturated carbocycles. The second-order valence-corrected chi connectivity index (χ2v) is 6.37. The molecule has 0 radical (unpaired) electrons. The summed E-state index contributed by atoms with van der Waals surface area (Å²) in [5.41, 5.74) is 7.27. The Bertz CT molecular complexity index is 913. The molecule has 0 spiro atoms. The van der Waals surface area contributed by atoms with Crippen LogP contribution in [0.1, 0.15) is 23.2 Å². The van der Waals surface area contributed by atoms with Crippen molar-refractivity contribution in [2.24, 2.45) is 5.73 Å². The number of fused-ring (bicyclic) bond motifs is 1. The van der Waals surface area contributed by atoms with Crippen LogP contribution < -0.4 is 21.7 Å². The number of nitrogens with zero attached hydrogens (tertiary/aromatic N) is 3. The summed E-state index contributed by atoms with van der Waals surface area (Å²) in [4.78, 5) is 15.7. The van der Waals surface area contributed by atoms with Crippen molar-refractivity contribution in [3.63, 3.8) is 0 Å². The van der Waals surface area contributed by atoms with Gasteiger partial charge in [-0.05, 0) is 55.8 Å². The smallest absolute Gasteiger partial charge is 0.248 e. The predicted molar refractivity (Wildman–Crippen MR) is 101 cm³/mol. The third-order valence-electron chi connectivity index (χ3n) is 4.43. The van der Waals surface area contributed by atoms with Gasteiger partial charge in [-0.25, -0.2) is 0 Å². The summed E-state index contributed by atoms with van der Waals surface area (Å²) in [6.07, 6.45) is 2.30. The van der Waals surface area contributed by atoms with Crippen LogP contribution in [-0.4, -0.2) is 39.6 Å². The van der Waals surface area contributed by atoms with Gasteiger partial charge in [0.1, 0.15) is 5.82 Å². The Morgan fingerprint density at radius 1 is 1.23 bits per heavy atom. The number of anilines is 3. The summed E-state index contributed by atoms with van der Waals surface area (Å²) in [7, 11) is 0. The van der Waals surface area contributed by atoms with Gasteiger partial charge in [-0.3, -0.25) is 4.79 Å². The van der Waals surface area contributed by atoms with Gasteiger partial charge in [-0.15, -0.1) is 5.10 Å². The molecule has 5 N–H and O–H groups in total. The van der Waals surface area contributed by atoms with Gasteiger partial charge < -0.3 is 21.7 Å². The third-order valence-corrected chi connectivity index (χ3v) is 4.43. The van der Waals surface area contributed by atoms with Crippen LogP contribution in [0.25, 0.3) is 5.65 Å². The Balaban J connectivity index is 1.55. The van der Waals surface area contributed by atoms with Gasteiger partial charge in [0, 0.05) is 23.8 Å². The van der Waals surface area contributed by atoms with Crippen molar-refractivity contribution in [1.82, 2.24) is 19.9 Å². The van der Waals surface area contributed by atoms with E-state index in [1.807, 2.05) is 18.2 Å². The largest absolute Gasteiger partial charge is 0.366 e. The minimum atomic E-state index is -0.449. The molecular formula is C18H21N7O. The van der Waals surface area contributed by atoms with Crippen LogP contribution in [0.4, 0.5) is 17.5 Å². The van der Waals surface area contributed by atoms with Crippen LogP contribution in [0.15, 0.2) is 42.5 Å². The number of amides is 1. The van der Waals surface area contributed by atoms with Gasteiger partial charge in [0.25, 0.3) is 0 Å². The van der Waals surface area contributed by atoms with E-state index in [4.69, 9.17) is 5.73 Å². The van der Waals surface area contributed by atoms with E-state index in [1.54, 1.807) is 28.8 Å². The van der Waals surface area contributed by atoms with Crippen LogP contribution in [0.5, 0.6) is 0 Å². The Hall–Kier alpha value is -3.13. The molecule has 8 heteroatoms. The molecule has 0 bridgehead atoms. The highest BCUT2D eigenvalue weighted by Gasteiger charge is 2.15. The Morgan fingerprint density at radius 2 is 2.08 bits per heavy atom. The number of primary amides is 1. The molecule has 3 aromatic rings. The zero-order valence-corrected chi connectivity index (χ0v) is 14.3. The van der Waals surface area contributed by atoms with E-state index in [2.05, 4.69) is 26.0 Å². The Labute approximate surface area is 150 Å². The Kier molecular flexibility index (Phi) is 4.40. The van der Waals surface area contributed by atoms with Crippen molar-refractivity contribution in [3.8, 4) is 0 Å². The summed E-state index contributed by atoms with van der Waals surface area (Å²) in [5.74, 6) is 0.962. The molecule has 4 rings (SSSR count). The molecule has 1 saturated heterocycles. The lowest BCUT2D eigenvalue weighted by Gasteiger charge is -2.24. The SMILES string of the molecule is NC(=O)c1ccc(Nc2nc3cccc(N[C@H]4CCCNC4)n3n2)cc1. The van der Waals surface area contributed by atoms with Crippen molar-refractivity contribution in [1.29, 1.82) is 0 Å². The number of nitrogens with one attached hydrogen (secondary N) is 3. The topological polar surface area (TPSA) is 109 Å². The van der Waals surface area contributed by atoms with Crippen molar-refractivity contribution in [3.05, 3.63) is 48.0 Å². The first kappa shape index (κ1) is 16.3. The van der Waals surface area contributed by atoms with Gasteiger partial charge in [0.05, 0.1) is 0 Å². The van der Waals surface area contributed by atoms with Crippen molar-refractivity contribution >= 4 is 29.0 Å². The second kappa shape index (κ2) is 7.01. The maximum atomic E-state index is 11.2. The minimum Gasteiger partial charge on any atom is -0.366 e. The molecule has 1 amide bonds. The first-order chi connectivity index (χ1) is 12.7. The van der Waals surface area contributed by atoms with E-state index in [0.717, 1.165) is 36.7 Å². The molecule has 0 aliphatic carbocycles. The molecule has 1 fully saturated rings. The van der Waals surface area contributed by atoms with Crippen molar-refractivity contribution in [2.45, 2.75) is 18.9 Å². The highest BCUT2D eigenvalue weighted by atomic mass is 16.1. The fourth-order valence-electron chi connectivity index (χ4n) is 3.10. The molecule has 1 atom stereocenters. The molecule has 1 aliphatic rings. The van der Waals surface area contributed by atoms with Crippen LogP contribution in [0.3, 0.4) is 0 Å². The number of hydrogen-bond donors (Lipinski definition) is 4. The van der Waals surface area contributed by atoms with Crippen LogP contribution in [-0.2, 0) is 0 Å². The second-order valence-electron chi connectivity index (χ2n) is 6.37. The van der Waals surface area contributed by atoms with Gasteiger partial charge in [-0.1, -0.05) is 6.07 Å². The lowest BCUT2D eigenvalue weighted by molar-refractivity contribution is 0.100. The number of piperidine rings is 1. The van der Waals surface area contributed by atoms with Gasteiger partial charge in [0.15, 0.2) is 5.65 Å². The Morgan fingerprint density at radius 3 is 2.81 bits per heavy atom. The van der Waals surface area contributed by atoms with Crippen molar-refractivity contribution in [2.75, 3.05) is 23.7 Å². The predicted octanol–water partition coefficient (Wildman–Crippen LogP) is 1.74. The number of rotatable bonds is 5. The first-order valence-corrected chi connectivity index (χ1v) is 8.69. The zero-order valence-electron chi connectivity index (χ0n) is 14.3. The zero-order chi connectivity index (χ0) is 17.9. The molecule has 26 heavy (non-hydrogen) atoms. The third kappa shape index (κ3) is 3.45. The maximum Gasteiger partial charge on any atom is 0.248 e. The molecule has 134 valence electrons. The quantitative estimate of drug-likeness (QED) is 0.557. The van der Waals surface area contributed by atoms with E-state index in [0.29, 0.717) is 17.6 Å². The van der Waals surface area contributed by atoms with E-state index < -0.39 is 5.91 Å². The van der Waals surface area contributed by atoms with E-state index >= 15 is 0 Å². The molecule has 8 nitrogen and oxygen atoms in total. The summed E-state index contributed by atoms with van der Waals surface area (Å²) < 4.78 is 1.80. The number of aromatic nitrogens is 3. The standard InChI is InChI=1S/C18H21N7O/c19-17(26)12-6-8-13(9-7-12)22-18-23-16-5-1-4-15(25(16)24-18)21-14-3-2-10-20-11-14/h1,4-9,14,20-21H,2-3,10-11H2,(H2,19,26)(H,22,24)/t14-/m0/s1. The average molecular weight is 351 g/mol. The van der Waals surface area contributed by atoms with Gasteiger partial charge in [0.2, 0.25) is 11.9 Å². The summed E-state index contributed by atoms with van der Waals surface area (Å²) >= 11 is 0. The number of pyridine rings is 1. The highest BCUT2D eigenvalue weighted by Crippen LogP contribution is 2.19. The molecular weight excluding hydrogens is 330 g/mol. The lowest BCUT2D eigenvalue weighted by Crippen LogP contribution is -2.38. The van der Waals surface area contributed by atoms with Crippen LogP contribution in [0.2, 0.25) is 0 Å². The van der Waals surface area contributed by atoms with E-state index in [1.165, 1.54) is 6.42 Å². The first-order valence-electron chi connectivity index (χ1n) is 8.69. The van der Waals surface area contributed by atoms with Gasteiger partial charge >= 0.3 is 0 Å². The van der Waals surface area contributed by atoms with Crippen LogP contribution in [0, 0.1) is 0 Å². The average Bonchev–Trinajstić information content (AvgIpc) is 3.06. The van der Waals surface area contributed by atoms with Gasteiger partial charge in [-0.2, -0.15) is 9.50 Å². The fraction of sp³-hybridized carbons (Fsp3) is 0.278. The number of nitrogens with two attached hydrogens (primary N) is 1. The number of carbonyl (C=O) groups excluding carboxylic acids is 1. The fourth-order valence-corrected chi connectivity index (χ4v) is 3.10. The number of benzene rings is 1. The molecule has 0 unspecified atom stereocenters. The monoisotopic (exact) mass is 351 g/mol. The summed E-state index contributed by atoms with van der Waals surface area (Å²) in [5, 5.41) is 14.6. The highest BCUT2D eigenvalue weighted by molar-refractivity contribution is 5.93. The molecule has 1 aliphatic heterocycles. The molecule has 3 heterocycles.